The first kappa shape index (κ1) is 22.9. The van der Waals surface area contributed by atoms with Crippen LogP contribution < -0.4 is 10.1 Å². The first-order valence-electron chi connectivity index (χ1n) is 9.56. The first-order valence-corrected chi connectivity index (χ1v) is 10.4. The van der Waals surface area contributed by atoms with Crippen LogP contribution in [0.3, 0.4) is 0 Å². The van der Waals surface area contributed by atoms with Gasteiger partial charge in [-0.15, -0.1) is 0 Å². The van der Waals surface area contributed by atoms with Gasteiger partial charge in [-0.1, -0.05) is 52.3 Å². The maximum absolute atomic E-state index is 12.7. The quantitative estimate of drug-likeness (QED) is 0.353. The zero-order valence-electron chi connectivity index (χ0n) is 16.7. The summed E-state index contributed by atoms with van der Waals surface area (Å²) in [5.41, 5.74) is 0.745. The highest BCUT2D eigenvalue weighted by Gasteiger charge is 2.30. The fraction of sp³-hybridized carbons (Fsp3) is 0.0833. The number of carboxylic acids is 1. The second-order valence-electron chi connectivity index (χ2n) is 6.61. The number of anilines is 1. The summed E-state index contributed by atoms with van der Waals surface area (Å²) in [4.78, 5) is 23.8. The molecule has 0 heterocycles. The third kappa shape index (κ3) is 6.61. The van der Waals surface area contributed by atoms with Gasteiger partial charge in [0, 0.05) is 21.8 Å². The van der Waals surface area contributed by atoms with Crippen molar-refractivity contribution in [1.29, 1.82) is 0 Å². The highest BCUT2D eigenvalue weighted by atomic mass is 79.9. The Bertz CT molecular complexity index is 1090. The number of phenolic OH excluding ortho intramolecular Hbond substituents is 1. The average Bonchev–Trinajstić information content (AvgIpc) is 2.78. The first-order chi connectivity index (χ1) is 15.4. The third-order valence-electron chi connectivity index (χ3n) is 4.29. The van der Waals surface area contributed by atoms with Crippen LogP contribution in [0.25, 0.3) is 0 Å². The van der Waals surface area contributed by atoms with Gasteiger partial charge in [0.1, 0.15) is 11.5 Å². The van der Waals surface area contributed by atoms with Crippen LogP contribution in [0.2, 0.25) is 0 Å². The normalized spacial score (nSPS) is 12.7. The van der Waals surface area contributed by atoms with Crippen molar-refractivity contribution in [3.63, 3.8) is 0 Å². The number of aliphatic carboxylic acids is 1. The zero-order valence-corrected chi connectivity index (χ0v) is 18.3. The van der Waals surface area contributed by atoms with Gasteiger partial charge in [-0.3, -0.25) is 5.32 Å². The van der Waals surface area contributed by atoms with E-state index in [4.69, 9.17) is 14.6 Å². The molecule has 0 unspecified atom stereocenters. The molecule has 2 atom stereocenters. The second kappa shape index (κ2) is 11.0. The van der Waals surface area contributed by atoms with Gasteiger partial charge in [0.15, 0.2) is 12.2 Å². The second-order valence-corrected chi connectivity index (χ2v) is 7.53. The molecule has 0 spiro atoms. The minimum Gasteiger partial charge on any atom is -0.508 e. The molecule has 3 N–H and O–H groups in total. The summed E-state index contributed by atoms with van der Waals surface area (Å²) in [6.07, 6.45) is -0.877. The largest absolute Gasteiger partial charge is 0.508 e. The molecule has 3 aromatic rings. The predicted molar refractivity (Wildman–Crippen MR) is 123 cm³/mol. The molecule has 0 aliphatic rings. The molecule has 7 nitrogen and oxygen atoms in total. The topological polar surface area (TPSA) is 105 Å². The number of carbonyl (C=O) groups excluding carboxylic acids is 1. The molecule has 0 aromatic heterocycles. The number of halogens is 1. The lowest BCUT2D eigenvalue weighted by atomic mass is 10.0. The Balaban J connectivity index is 1.97. The lowest BCUT2D eigenvalue weighted by Gasteiger charge is -2.27. The van der Waals surface area contributed by atoms with Crippen molar-refractivity contribution in [2.75, 3.05) is 5.32 Å². The Morgan fingerprint density at radius 1 is 0.969 bits per heavy atom. The number of phenols is 1. The number of amides is 1. The van der Waals surface area contributed by atoms with Crippen molar-refractivity contribution >= 4 is 33.7 Å². The standard InChI is InChI=1S/C24H20BrNO6/c25-16-11-12-20(27)19(15-16)23(32-24(30)26-17-7-3-1-4-8-17)21(13-14-22(28)29)31-18-9-5-2-6-10-18/h1-15,21,23,27H,(H,26,30)(H,28,29)/b14-13+/t21-,23-/m0/s1. The van der Waals surface area contributed by atoms with E-state index in [2.05, 4.69) is 21.2 Å². The number of carbonyl (C=O) groups is 2. The molecule has 3 aromatic carbocycles. The van der Waals surface area contributed by atoms with E-state index in [1.807, 2.05) is 0 Å². The Labute approximate surface area is 193 Å². The third-order valence-corrected chi connectivity index (χ3v) is 4.79. The lowest BCUT2D eigenvalue weighted by Crippen LogP contribution is -2.30. The van der Waals surface area contributed by atoms with Crippen molar-refractivity contribution in [2.24, 2.45) is 0 Å². The van der Waals surface area contributed by atoms with E-state index < -0.39 is 24.3 Å². The molecular weight excluding hydrogens is 478 g/mol. The summed E-state index contributed by atoms with van der Waals surface area (Å²) in [5, 5.41) is 22.2. The molecule has 0 saturated heterocycles. The maximum Gasteiger partial charge on any atom is 0.412 e. The van der Waals surface area contributed by atoms with Crippen LogP contribution in [-0.2, 0) is 9.53 Å². The molecule has 0 bridgehead atoms. The molecule has 32 heavy (non-hydrogen) atoms. The van der Waals surface area contributed by atoms with Gasteiger partial charge in [-0.2, -0.15) is 0 Å². The summed E-state index contributed by atoms with van der Waals surface area (Å²) in [5.74, 6) is -0.909. The van der Waals surface area contributed by atoms with Crippen LogP contribution in [0.4, 0.5) is 10.5 Å². The van der Waals surface area contributed by atoms with Crippen LogP contribution in [0.15, 0.2) is 95.5 Å². The minimum absolute atomic E-state index is 0.143. The number of nitrogens with one attached hydrogen (secondary N) is 1. The molecular formula is C24H20BrNO6. The van der Waals surface area contributed by atoms with Gasteiger partial charge in [0.2, 0.25) is 0 Å². The van der Waals surface area contributed by atoms with E-state index in [-0.39, 0.29) is 11.3 Å². The summed E-state index contributed by atoms with van der Waals surface area (Å²) < 4.78 is 12.2. The summed E-state index contributed by atoms with van der Waals surface area (Å²) in [6, 6.07) is 22.0. The summed E-state index contributed by atoms with van der Waals surface area (Å²) in [7, 11) is 0. The number of benzene rings is 3. The van der Waals surface area contributed by atoms with Crippen molar-refractivity contribution in [2.45, 2.75) is 12.2 Å². The molecule has 1 amide bonds. The molecule has 0 aliphatic heterocycles. The molecule has 0 radical (unpaired) electrons. The highest BCUT2D eigenvalue weighted by Crippen LogP contribution is 2.34. The van der Waals surface area contributed by atoms with Crippen LogP contribution in [-0.4, -0.2) is 28.4 Å². The number of para-hydroxylation sites is 2. The minimum atomic E-state index is -1.20. The number of ether oxygens (including phenoxy) is 2. The molecule has 0 saturated carbocycles. The maximum atomic E-state index is 12.7. The van der Waals surface area contributed by atoms with Crippen molar-refractivity contribution in [1.82, 2.24) is 0 Å². The number of aromatic hydroxyl groups is 1. The fourth-order valence-corrected chi connectivity index (χ4v) is 3.26. The van der Waals surface area contributed by atoms with Crippen molar-refractivity contribution < 1.29 is 29.3 Å². The Hall–Kier alpha value is -3.78. The monoisotopic (exact) mass is 497 g/mol. The molecule has 0 aliphatic carbocycles. The van der Waals surface area contributed by atoms with Crippen LogP contribution in [0.5, 0.6) is 11.5 Å². The van der Waals surface area contributed by atoms with E-state index >= 15 is 0 Å². The highest BCUT2D eigenvalue weighted by molar-refractivity contribution is 9.10. The van der Waals surface area contributed by atoms with Crippen LogP contribution >= 0.6 is 15.9 Å². The Morgan fingerprint density at radius 3 is 2.28 bits per heavy atom. The zero-order chi connectivity index (χ0) is 22.9. The smallest absolute Gasteiger partial charge is 0.412 e. The average molecular weight is 498 g/mol. The SMILES string of the molecule is O=C(O)/C=C/[C@H](Oc1ccccc1)[C@@H](OC(=O)Nc1ccccc1)c1cc(Br)ccc1O. The fourth-order valence-electron chi connectivity index (χ4n) is 2.88. The van der Waals surface area contributed by atoms with Crippen LogP contribution in [0.1, 0.15) is 11.7 Å². The summed E-state index contributed by atoms with van der Waals surface area (Å²) in [6.45, 7) is 0. The molecule has 0 fully saturated rings. The van der Waals surface area contributed by atoms with Crippen molar-refractivity contribution in [3.05, 3.63) is 101 Å². The summed E-state index contributed by atoms with van der Waals surface area (Å²) >= 11 is 3.34. The van der Waals surface area contributed by atoms with Crippen LogP contribution in [0, 0.1) is 0 Å². The van der Waals surface area contributed by atoms with Gasteiger partial charge in [0.05, 0.1) is 0 Å². The van der Waals surface area contributed by atoms with E-state index in [1.54, 1.807) is 72.8 Å². The van der Waals surface area contributed by atoms with E-state index in [1.165, 1.54) is 12.1 Å². The van der Waals surface area contributed by atoms with E-state index in [9.17, 15) is 14.7 Å². The Morgan fingerprint density at radius 2 is 1.62 bits per heavy atom. The number of hydrogen-bond donors (Lipinski definition) is 3. The number of hydrogen-bond acceptors (Lipinski definition) is 5. The predicted octanol–water partition coefficient (Wildman–Crippen LogP) is 5.53. The molecule has 164 valence electrons. The van der Waals surface area contributed by atoms with Gasteiger partial charge in [0.25, 0.3) is 0 Å². The van der Waals surface area contributed by atoms with Crippen molar-refractivity contribution in [3.8, 4) is 11.5 Å². The van der Waals surface area contributed by atoms with Gasteiger partial charge < -0.3 is 19.7 Å². The van der Waals surface area contributed by atoms with Gasteiger partial charge in [-0.25, -0.2) is 9.59 Å². The van der Waals surface area contributed by atoms with E-state index in [0.29, 0.717) is 15.9 Å². The molecule has 3 rings (SSSR count). The number of rotatable bonds is 8. The van der Waals surface area contributed by atoms with Gasteiger partial charge >= 0.3 is 12.1 Å². The van der Waals surface area contributed by atoms with E-state index in [0.717, 1.165) is 6.08 Å². The number of carboxylic acid groups (broad SMARTS) is 1. The molecule has 8 heteroatoms. The van der Waals surface area contributed by atoms with Gasteiger partial charge in [-0.05, 0) is 48.5 Å². The lowest BCUT2D eigenvalue weighted by molar-refractivity contribution is -0.131. The Kier molecular flexibility index (Phi) is 7.88.